The standard InChI is InChI=1S/C10H21NO3/c1-8(2)14-7-6-11(5)9(12)10(3,4)13/h8,13H,6-7H2,1-5H3. The molecule has 0 saturated heterocycles. The van der Waals surface area contributed by atoms with Crippen LogP contribution in [0.5, 0.6) is 0 Å². The monoisotopic (exact) mass is 203 g/mol. The Morgan fingerprint density at radius 3 is 2.36 bits per heavy atom. The van der Waals surface area contributed by atoms with Crippen LogP contribution in [0.4, 0.5) is 0 Å². The van der Waals surface area contributed by atoms with Gasteiger partial charge in [-0.2, -0.15) is 0 Å². The average molecular weight is 203 g/mol. The summed E-state index contributed by atoms with van der Waals surface area (Å²) in [5, 5.41) is 9.43. The van der Waals surface area contributed by atoms with Crippen LogP contribution in [0.3, 0.4) is 0 Å². The molecule has 0 unspecified atom stereocenters. The van der Waals surface area contributed by atoms with Crippen LogP contribution >= 0.6 is 0 Å². The molecule has 0 atom stereocenters. The largest absolute Gasteiger partial charge is 0.381 e. The van der Waals surface area contributed by atoms with Crippen molar-refractivity contribution in [2.45, 2.75) is 39.4 Å². The first-order valence-corrected chi connectivity index (χ1v) is 4.84. The maximum atomic E-state index is 11.5. The molecule has 0 aromatic rings. The minimum absolute atomic E-state index is 0.167. The van der Waals surface area contributed by atoms with Gasteiger partial charge in [0.2, 0.25) is 0 Å². The normalized spacial score (nSPS) is 11.9. The summed E-state index contributed by atoms with van der Waals surface area (Å²) in [6, 6.07) is 0. The molecule has 14 heavy (non-hydrogen) atoms. The highest BCUT2D eigenvalue weighted by molar-refractivity contribution is 5.83. The number of ether oxygens (including phenoxy) is 1. The van der Waals surface area contributed by atoms with Crippen molar-refractivity contribution >= 4 is 5.91 Å². The number of likely N-dealkylation sites (N-methyl/N-ethyl adjacent to an activating group) is 1. The molecule has 4 nitrogen and oxygen atoms in total. The molecule has 0 heterocycles. The quantitative estimate of drug-likeness (QED) is 0.713. The second-order valence-electron chi connectivity index (χ2n) is 4.21. The van der Waals surface area contributed by atoms with E-state index in [-0.39, 0.29) is 12.0 Å². The zero-order valence-electron chi connectivity index (χ0n) is 9.70. The van der Waals surface area contributed by atoms with Crippen molar-refractivity contribution in [1.82, 2.24) is 4.90 Å². The summed E-state index contributed by atoms with van der Waals surface area (Å²) in [6.45, 7) is 7.84. The van der Waals surface area contributed by atoms with Crippen molar-refractivity contribution < 1.29 is 14.6 Å². The Hall–Kier alpha value is -0.610. The summed E-state index contributed by atoms with van der Waals surface area (Å²) in [5.41, 5.74) is -1.30. The van der Waals surface area contributed by atoms with Crippen molar-refractivity contribution in [2.24, 2.45) is 0 Å². The Balaban J connectivity index is 3.86. The molecule has 0 bridgehead atoms. The fraction of sp³-hybridized carbons (Fsp3) is 0.900. The van der Waals surface area contributed by atoms with E-state index in [0.29, 0.717) is 13.2 Å². The van der Waals surface area contributed by atoms with Gasteiger partial charge in [-0.3, -0.25) is 4.79 Å². The summed E-state index contributed by atoms with van der Waals surface area (Å²) in [4.78, 5) is 12.9. The molecule has 0 aromatic carbocycles. The van der Waals surface area contributed by atoms with E-state index in [1.54, 1.807) is 7.05 Å². The number of rotatable bonds is 5. The number of carbonyl (C=O) groups excluding carboxylic acids is 1. The van der Waals surface area contributed by atoms with Crippen molar-refractivity contribution in [1.29, 1.82) is 0 Å². The molecule has 0 aliphatic rings. The van der Waals surface area contributed by atoms with Crippen LogP contribution in [-0.2, 0) is 9.53 Å². The predicted molar refractivity (Wildman–Crippen MR) is 55.0 cm³/mol. The molecular formula is C10H21NO3. The Labute approximate surface area is 85.9 Å². The predicted octanol–water partition coefficient (Wildman–Crippen LogP) is 0.641. The van der Waals surface area contributed by atoms with Crippen LogP contribution in [0.15, 0.2) is 0 Å². The third-order valence-electron chi connectivity index (χ3n) is 1.75. The van der Waals surface area contributed by atoms with Crippen LogP contribution in [0, 0.1) is 0 Å². The van der Waals surface area contributed by atoms with E-state index in [0.717, 1.165) is 0 Å². The van der Waals surface area contributed by atoms with Crippen LogP contribution < -0.4 is 0 Å². The number of hydrogen-bond acceptors (Lipinski definition) is 3. The molecule has 84 valence electrons. The molecule has 1 N–H and O–H groups in total. The molecule has 0 spiro atoms. The lowest BCUT2D eigenvalue weighted by molar-refractivity contribution is -0.147. The van der Waals surface area contributed by atoms with E-state index in [2.05, 4.69) is 0 Å². The highest BCUT2D eigenvalue weighted by atomic mass is 16.5. The van der Waals surface area contributed by atoms with Gasteiger partial charge in [0.05, 0.1) is 12.7 Å². The minimum Gasteiger partial charge on any atom is -0.381 e. The van der Waals surface area contributed by atoms with Crippen LogP contribution in [0.2, 0.25) is 0 Å². The highest BCUT2D eigenvalue weighted by Gasteiger charge is 2.26. The van der Waals surface area contributed by atoms with E-state index < -0.39 is 5.60 Å². The maximum absolute atomic E-state index is 11.5. The van der Waals surface area contributed by atoms with Crippen molar-refractivity contribution in [3.05, 3.63) is 0 Å². The first-order chi connectivity index (χ1) is 6.25. The first-order valence-electron chi connectivity index (χ1n) is 4.84. The highest BCUT2D eigenvalue weighted by Crippen LogP contribution is 2.05. The van der Waals surface area contributed by atoms with Gasteiger partial charge in [-0.1, -0.05) is 0 Å². The van der Waals surface area contributed by atoms with Gasteiger partial charge >= 0.3 is 0 Å². The lowest BCUT2D eigenvalue weighted by Gasteiger charge is -2.25. The topological polar surface area (TPSA) is 49.8 Å². The second-order valence-corrected chi connectivity index (χ2v) is 4.21. The van der Waals surface area contributed by atoms with E-state index in [1.807, 2.05) is 13.8 Å². The first kappa shape index (κ1) is 13.4. The summed E-state index contributed by atoms with van der Waals surface area (Å²) < 4.78 is 5.30. The van der Waals surface area contributed by atoms with Crippen molar-refractivity contribution in [3.63, 3.8) is 0 Å². The summed E-state index contributed by atoms with van der Waals surface area (Å²) in [6.07, 6.45) is 0.167. The summed E-state index contributed by atoms with van der Waals surface area (Å²) >= 11 is 0. The van der Waals surface area contributed by atoms with E-state index in [4.69, 9.17) is 4.74 Å². The fourth-order valence-corrected chi connectivity index (χ4v) is 0.994. The molecule has 4 heteroatoms. The molecule has 0 saturated carbocycles. The SMILES string of the molecule is CC(C)OCCN(C)C(=O)C(C)(C)O. The Morgan fingerprint density at radius 1 is 1.50 bits per heavy atom. The van der Waals surface area contributed by atoms with E-state index in [1.165, 1.54) is 18.7 Å². The number of nitrogens with zero attached hydrogens (tertiary/aromatic N) is 1. The van der Waals surface area contributed by atoms with Crippen LogP contribution in [-0.4, -0.2) is 47.8 Å². The molecule has 0 fully saturated rings. The Bertz CT molecular complexity index is 184. The van der Waals surface area contributed by atoms with Crippen molar-refractivity contribution in [2.75, 3.05) is 20.2 Å². The third-order valence-corrected chi connectivity index (χ3v) is 1.75. The van der Waals surface area contributed by atoms with Crippen molar-refractivity contribution in [3.8, 4) is 0 Å². The number of carbonyl (C=O) groups is 1. The number of aliphatic hydroxyl groups is 1. The van der Waals surface area contributed by atoms with Gasteiger partial charge in [0.25, 0.3) is 5.91 Å². The molecule has 0 aromatic heterocycles. The number of hydrogen-bond donors (Lipinski definition) is 1. The smallest absolute Gasteiger partial charge is 0.253 e. The van der Waals surface area contributed by atoms with Gasteiger partial charge in [-0.05, 0) is 27.7 Å². The maximum Gasteiger partial charge on any atom is 0.253 e. The molecule has 0 aliphatic heterocycles. The second kappa shape index (κ2) is 5.32. The van der Waals surface area contributed by atoms with Gasteiger partial charge < -0.3 is 14.7 Å². The molecule has 1 amide bonds. The molecule has 0 rings (SSSR count). The Kier molecular flexibility index (Phi) is 5.08. The van der Waals surface area contributed by atoms with E-state index in [9.17, 15) is 9.90 Å². The lowest BCUT2D eigenvalue weighted by Crippen LogP contribution is -2.44. The van der Waals surface area contributed by atoms with Crippen LogP contribution in [0.25, 0.3) is 0 Å². The fourth-order valence-electron chi connectivity index (χ4n) is 0.994. The summed E-state index contributed by atoms with van der Waals surface area (Å²) in [5.74, 6) is -0.287. The minimum atomic E-state index is -1.30. The summed E-state index contributed by atoms with van der Waals surface area (Å²) in [7, 11) is 1.66. The zero-order chi connectivity index (χ0) is 11.4. The average Bonchev–Trinajstić information content (AvgIpc) is 2.00. The third kappa shape index (κ3) is 5.19. The van der Waals surface area contributed by atoms with Crippen LogP contribution in [0.1, 0.15) is 27.7 Å². The zero-order valence-corrected chi connectivity index (χ0v) is 9.70. The molecule has 0 radical (unpaired) electrons. The van der Waals surface area contributed by atoms with Gasteiger partial charge in [0.15, 0.2) is 0 Å². The van der Waals surface area contributed by atoms with Gasteiger partial charge in [-0.25, -0.2) is 0 Å². The molecular weight excluding hydrogens is 182 g/mol. The molecule has 0 aliphatic carbocycles. The van der Waals surface area contributed by atoms with E-state index >= 15 is 0 Å². The van der Waals surface area contributed by atoms with Gasteiger partial charge in [0, 0.05) is 13.6 Å². The Morgan fingerprint density at radius 2 is 2.00 bits per heavy atom. The lowest BCUT2D eigenvalue weighted by atomic mass is 10.1. The van der Waals surface area contributed by atoms with Gasteiger partial charge in [-0.15, -0.1) is 0 Å². The van der Waals surface area contributed by atoms with Gasteiger partial charge in [0.1, 0.15) is 5.60 Å². The number of amides is 1.